The first-order valence-electron chi connectivity index (χ1n) is 6.63. The second-order valence-corrected chi connectivity index (χ2v) is 5.68. The number of hydrogen-bond acceptors (Lipinski definition) is 4. The highest BCUT2D eigenvalue weighted by molar-refractivity contribution is 7.80. The zero-order chi connectivity index (χ0) is 14.0. The third-order valence-corrected chi connectivity index (χ3v) is 3.79. The standard InChI is InChI=1S/C13H22N4OS/c1-9-11(12(14)19)13(17(3)15-9)16(2)7-10-5-4-6-18-8-10/h10H,4-8H2,1-3H3,(H2,14,19). The van der Waals surface area contributed by atoms with Gasteiger partial charge in [0.1, 0.15) is 10.8 Å². The van der Waals surface area contributed by atoms with Crippen molar-refractivity contribution < 1.29 is 4.74 Å². The van der Waals surface area contributed by atoms with Crippen molar-refractivity contribution in [2.45, 2.75) is 19.8 Å². The minimum Gasteiger partial charge on any atom is -0.389 e. The van der Waals surface area contributed by atoms with Crippen LogP contribution in [0.5, 0.6) is 0 Å². The van der Waals surface area contributed by atoms with Crippen LogP contribution < -0.4 is 10.6 Å². The summed E-state index contributed by atoms with van der Waals surface area (Å²) in [5, 5.41) is 4.42. The second-order valence-electron chi connectivity index (χ2n) is 5.24. The molecule has 0 radical (unpaired) electrons. The lowest BCUT2D eigenvalue weighted by molar-refractivity contribution is 0.0575. The summed E-state index contributed by atoms with van der Waals surface area (Å²) in [6, 6.07) is 0. The molecule has 106 valence electrons. The van der Waals surface area contributed by atoms with Crippen molar-refractivity contribution >= 4 is 23.0 Å². The normalized spacial score (nSPS) is 19.4. The van der Waals surface area contributed by atoms with E-state index in [0.717, 1.165) is 43.3 Å². The largest absolute Gasteiger partial charge is 0.389 e. The van der Waals surface area contributed by atoms with Gasteiger partial charge in [-0.15, -0.1) is 0 Å². The summed E-state index contributed by atoms with van der Waals surface area (Å²) in [4.78, 5) is 2.60. The van der Waals surface area contributed by atoms with Crippen molar-refractivity contribution in [1.82, 2.24) is 9.78 Å². The maximum atomic E-state index is 5.83. The van der Waals surface area contributed by atoms with Gasteiger partial charge in [0, 0.05) is 27.2 Å². The molecular weight excluding hydrogens is 260 g/mol. The summed E-state index contributed by atoms with van der Waals surface area (Å²) in [6.45, 7) is 4.61. The first-order valence-corrected chi connectivity index (χ1v) is 7.03. The molecule has 1 aliphatic rings. The van der Waals surface area contributed by atoms with E-state index in [1.807, 2.05) is 18.7 Å². The highest BCUT2D eigenvalue weighted by Gasteiger charge is 2.22. The summed E-state index contributed by atoms with van der Waals surface area (Å²) in [6.07, 6.45) is 2.36. The average Bonchev–Trinajstić information content (AvgIpc) is 2.65. The van der Waals surface area contributed by atoms with Crippen molar-refractivity contribution in [3.05, 3.63) is 11.3 Å². The van der Waals surface area contributed by atoms with Crippen LogP contribution >= 0.6 is 12.2 Å². The maximum absolute atomic E-state index is 5.83. The van der Waals surface area contributed by atoms with Crippen LogP contribution in [0.2, 0.25) is 0 Å². The Labute approximate surface area is 119 Å². The first-order chi connectivity index (χ1) is 9.00. The van der Waals surface area contributed by atoms with Crippen LogP contribution in [0.4, 0.5) is 5.82 Å². The number of aryl methyl sites for hydroxylation is 2. The molecule has 0 spiro atoms. The zero-order valence-electron chi connectivity index (χ0n) is 11.8. The SMILES string of the molecule is Cc1nn(C)c(N(C)CC2CCCOC2)c1C(N)=S. The van der Waals surface area contributed by atoms with Gasteiger partial charge in [-0.05, 0) is 25.7 Å². The molecule has 5 nitrogen and oxygen atoms in total. The molecule has 2 rings (SSSR count). The lowest BCUT2D eigenvalue weighted by Crippen LogP contribution is -2.33. The fourth-order valence-corrected chi connectivity index (χ4v) is 3.04. The number of nitrogens with zero attached hydrogens (tertiary/aromatic N) is 3. The quantitative estimate of drug-likeness (QED) is 0.842. The van der Waals surface area contributed by atoms with Crippen LogP contribution in [-0.4, -0.2) is 41.6 Å². The number of nitrogens with two attached hydrogens (primary N) is 1. The molecule has 1 unspecified atom stereocenters. The molecule has 1 aromatic rings. The Balaban J connectivity index is 2.18. The Morgan fingerprint density at radius 1 is 1.63 bits per heavy atom. The van der Waals surface area contributed by atoms with Crippen molar-refractivity contribution in [2.75, 3.05) is 31.7 Å². The number of anilines is 1. The highest BCUT2D eigenvalue weighted by atomic mass is 32.1. The van der Waals surface area contributed by atoms with Crippen LogP contribution in [0.15, 0.2) is 0 Å². The third kappa shape index (κ3) is 3.06. The molecule has 1 fully saturated rings. The molecule has 19 heavy (non-hydrogen) atoms. The Hall–Kier alpha value is -1.14. The maximum Gasteiger partial charge on any atom is 0.136 e. The zero-order valence-corrected chi connectivity index (χ0v) is 12.7. The van der Waals surface area contributed by atoms with E-state index < -0.39 is 0 Å². The molecule has 0 amide bonds. The Kier molecular flexibility index (Phi) is 4.42. The molecule has 2 heterocycles. The molecule has 1 atom stereocenters. The number of aromatic nitrogens is 2. The van der Waals surface area contributed by atoms with Gasteiger partial charge in [0.15, 0.2) is 0 Å². The highest BCUT2D eigenvalue weighted by Crippen LogP contribution is 2.24. The van der Waals surface area contributed by atoms with Crippen LogP contribution in [0.25, 0.3) is 0 Å². The Morgan fingerprint density at radius 2 is 2.37 bits per heavy atom. The summed E-state index contributed by atoms with van der Waals surface area (Å²) >= 11 is 5.15. The van der Waals surface area contributed by atoms with Gasteiger partial charge in [0.25, 0.3) is 0 Å². The van der Waals surface area contributed by atoms with Gasteiger partial charge in [-0.2, -0.15) is 5.10 Å². The smallest absolute Gasteiger partial charge is 0.136 e. The van der Waals surface area contributed by atoms with E-state index in [2.05, 4.69) is 17.0 Å². The number of ether oxygens (including phenoxy) is 1. The van der Waals surface area contributed by atoms with Crippen LogP contribution in [0.1, 0.15) is 24.1 Å². The first kappa shape index (κ1) is 14.3. The van der Waals surface area contributed by atoms with Gasteiger partial charge in [-0.25, -0.2) is 0 Å². The van der Waals surface area contributed by atoms with Gasteiger partial charge in [0.05, 0.1) is 17.9 Å². The molecule has 1 aliphatic heterocycles. The minimum absolute atomic E-state index is 0.410. The van der Waals surface area contributed by atoms with E-state index in [4.69, 9.17) is 22.7 Å². The fraction of sp³-hybridized carbons (Fsp3) is 0.692. The van der Waals surface area contributed by atoms with E-state index in [-0.39, 0.29) is 0 Å². The van der Waals surface area contributed by atoms with Crippen molar-refractivity contribution in [2.24, 2.45) is 18.7 Å². The molecule has 0 saturated carbocycles. The number of hydrogen-bond donors (Lipinski definition) is 1. The van der Waals surface area contributed by atoms with Gasteiger partial charge in [-0.1, -0.05) is 12.2 Å². The third-order valence-electron chi connectivity index (χ3n) is 3.59. The summed E-state index contributed by atoms with van der Waals surface area (Å²) in [5.41, 5.74) is 7.60. The van der Waals surface area contributed by atoms with Crippen LogP contribution in [-0.2, 0) is 11.8 Å². The monoisotopic (exact) mass is 282 g/mol. The van der Waals surface area contributed by atoms with Gasteiger partial charge in [0.2, 0.25) is 0 Å². The topological polar surface area (TPSA) is 56.3 Å². The lowest BCUT2D eigenvalue weighted by atomic mass is 10.0. The lowest BCUT2D eigenvalue weighted by Gasteiger charge is -2.28. The van der Waals surface area contributed by atoms with E-state index in [1.165, 1.54) is 6.42 Å². The summed E-state index contributed by atoms with van der Waals surface area (Å²) in [7, 11) is 3.99. The van der Waals surface area contributed by atoms with Crippen LogP contribution in [0, 0.1) is 12.8 Å². The molecule has 0 aromatic carbocycles. The van der Waals surface area contributed by atoms with Gasteiger partial charge in [-0.3, -0.25) is 4.68 Å². The molecule has 0 aliphatic carbocycles. The molecule has 1 saturated heterocycles. The van der Waals surface area contributed by atoms with E-state index in [9.17, 15) is 0 Å². The second kappa shape index (κ2) is 5.88. The van der Waals surface area contributed by atoms with Crippen molar-refractivity contribution in [3.63, 3.8) is 0 Å². The van der Waals surface area contributed by atoms with Gasteiger partial charge >= 0.3 is 0 Å². The van der Waals surface area contributed by atoms with Gasteiger partial charge < -0.3 is 15.4 Å². The van der Waals surface area contributed by atoms with E-state index in [0.29, 0.717) is 10.9 Å². The molecule has 2 N–H and O–H groups in total. The predicted molar refractivity (Wildman–Crippen MR) is 80.6 cm³/mol. The molecular formula is C13H22N4OS. The van der Waals surface area contributed by atoms with Crippen molar-refractivity contribution in [3.8, 4) is 0 Å². The van der Waals surface area contributed by atoms with Crippen LogP contribution in [0.3, 0.4) is 0 Å². The minimum atomic E-state index is 0.410. The summed E-state index contributed by atoms with van der Waals surface area (Å²) < 4.78 is 7.39. The van der Waals surface area contributed by atoms with Crippen molar-refractivity contribution in [1.29, 1.82) is 0 Å². The fourth-order valence-electron chi connectivity index (χ4n) is 2.80. The summed E-state index contributed by atoms with van der Waals surface area (Å²) in [5.74, 6) is 1.56. The number of thiocarbonyl (C=S) groups is 1. The van der Waals surface area contributed by atoms with E-state index in [1.54, 1.807) is 0 Å². The molecule has 0 bridgehead atoms. The average molecular weight is 282 g/mol. The molecule has 1 aromatic heterocycles. The predicted octanol–water partition coefficient (Wildman–Crippen LogP) is 1.23. The number of rotatable bonds is 4. The Morgan fingerprint density at radius 3 is 2.95 bits per heavy atom. The van der Waals surface area contributed by atoms with E-state index >= 15 is 0 Å². The Bertz CT molecular complexity index is 465. The molecule has 6 heteroatoms.